The van der Waals surface area contributed by atoms with Crippen molar-refractivity contribution in [1.82, 2.24) is 5.32 Å². The van der Waals surface area contributed by atoms with E-state index in [0.29, 0.717) is 16.9 Å². The van der Waals surface area contributed by atoms with Gasteiger partial charge in [0.1, 0.15) is 5.82 Å². The minimum Gasteiger partial charge on any atom is -0.347 e. The summed E-state index contributed by atoms with van der Waals surface area (Å²) in [5.74, 6) is -2.17. The smallest absolute Gasteiger partial charge is 0.313 e. The van der Waals surface area contributed by atoms with Crippen molar-refractivity contribution < 1.29 is 18.8 Å². The van der Waals surface area contributed by atoms with Gasteiger partial charge in [-0.2, -0.15) is 0 Å². The van der Waals surface area contributed by atoms with E-state index in [1.807, 2.05) is 0 Å². The second-order valence-electron chi connectivity index (χ2n) is 5.31. The molecule has 0 heterocycles. The maximum absolute atomic E-state index is 13.5. The predicted octanol–water partition coefficient (Wildman–Crippen LogP) is 2.08. The molecule has 2 aromatic carbocycles. The largest absolute Gasteiger partial charge is 0.347 e. The van der Waals surface area contributed by atoms with E-state index in [1.165, 1.54) is 13.0 Å². The molecule has 0 saturated carbocycles. The summed E-state index contributed by atoms with van der Waals surface area (Å²) in [4.78, 5) is 34.5. The van der Waals surface area contributed by atoms with Crippen molar-refractivity contribution in [3.8, 4) is 0 Å². The van der Waals surface area contributed by atoms with Crippen molar-refractivity contribution in [3.63, 3.8) is 0 Å². The Hall–Kier alpha value is -3.22. The molecule has 0 aliphatic rings. The number of carbonyl (C=O) groups is 3. The minimum absolute atomic E-state index is 0.147. The van der Waals surface area contributed by atoms with Crippen molar-refractivity contribution in [2.45, 2.75) is 13.3 Å². The Morgan fingerprint density at radius 1 is 0.880 bits per heavy atom. The van der Waals surface area contributed by atoms with Crippen LogP contribution >= 0.6 is 0 Å². The van der Waals surface area contributed by atoms with Crippen LogP contribution in [-0.4, -0.2) is 24.3 Å². The van der Waals surface area contributed by atoms with Crippen LogP contribution in [0.4, 0.5) is 15.8 Å². The molecule has 0 bridgehead atoms. The number of amides is 3. The molecule has 2 rings (SSSR count). The molecular weight excluding hydrogens is 325 g/mol. The van der Waals surface area contributed by atoms with E-state index < -0.39 is 11.8 Å². The van der Waals surface area contributed by atoms with Gasteiger partial charge in [-0.1, -0.05) is 18.2 Å². The summed E-state index contributed by atoms with van der Waals surface area (Å²) in [6, 6.07) is 12.6. The first-order chi connectivity index (χ1) is 12.0. The normalized spacial score (nSPS) is 10.0. The van der Waals surface area contributed by atoms with Crippen LogP contribution in [0.15, 0.2) is 48.5 Å². The van der Waals surface area contributed by atoms with Gasteiger partial charge in [-0.15, -0.1) is 0 Å². The third-order valence-electron chi connectivity index (χ3n) is 3.31. The first-order valence-corrected chi connectivity index (χ1v) is 7.66. The van der Waals surface area contributed by atoms with Gasteiger partial charge in [0, 0.05) is 24.8 Å². The first-order valence-electron chi connectivity index (χ1n) is 7.66. The highest BCUT2D eigenvalue weighted by atomic mass is 19.1. The van der Waals surface area contributed by atoms with E-state index in [-0.39, 0.29) is 24.7 Å². The lowest BCUT2D eigenvalue weighted by Crippen LogP contribution is -2.36. The summed E-state index contributed by atoms with van der Waals surface area (Å²) in [6.07, 6.45) is 0.289. The van der Waals surface area contributed by atoms with Crippen LogP contribution in [0, 0.1) is 5.82 Å². The number of hydrogen-bond acceptors (Lipinski definition) is 3. The Bertz CT molecular complexity index is 775. The van der Waals surface area contributed by atoms with Crippen LogP contribution in [0.1, 0.15) is 12.5 Å². The fourth-order valence-electron chi connectivity index (χ4n) is 2.12. The first kappa shape index (κ1) is 18.1. The molecule has 0 fully saturated rings. The molecule has 3 N–H and O–H groups in total. The van der Waals surface area contributed by atoms with Gasteiger partial charge in [0.2, 0.25) is 5.91 Å². The van der Waals surface area contributed by atoms with E-state index in [4.69, 9.17) is 0 Å². The van der Waals surface area contributed by atoms with E-state index in [0.717, 1.165) is 0 Å². The Labute approximate surface area is 144 Å². The molecule has 7 heteroatoms. The molecular formula is C18H18FN3O3. The molecule has 130 valence electrons. The number of halogens is 1. The summed E-state index contributed by atoms with van der Waals surface area (Å²) in [5.41, 5.74) is 1.47. The highest BCUT2D eigenvalue weighted by Gasteiger charge is 2.13. The van der Waals surface area contributed by atoms with Gasteiger partial charge in [-0.05, 0) is 42.3 Å². The Balaban J connectivity index is 1.81. The highest BCUT2D eigenvalue weighted by Crippen LogP contribution is 2.13. The van der Waals surface area contributed by atoms with Gasteiger partial charge in [0.25, 0.3) is 0 Å². The van der Waals surface area contributed by atoms with E-state index >= 15 is 0 Å². The van der Waals surface area contributed by atoms with Crippen LogP contribution in [0.2, 0.25) is 0 Å². The lowest BCUT2D eigenvalue weighted by molar-refractivity contribution is -0.136. The molecule has 2 aromatic rings. The van der Waals surface area contributed by atoms with E-state index in [2.05, 4.69) is 16.0 Å². The molecule has 0 spiro atoms. The van der Waals surface area contributed by atoms with Crippen molar-refractivity contribution in [1.29, 1.82) is 0 Å². The second-order valence-corrected chi connectivity index (χ2v) is 5.31. The molecule has 0 aromatic heterocycles. The van der Waals surface area contributed by atoms with Crippen molar-refractivity contribution >= 4 is 29.1 Å². The zero-order valence-corrected chi connectivity index (χ0v) is 13.6. The van der Waals surface area contributed by atoms with Gasteiger partial charge in [-0.3, -0.25) is 14.4 Å². The van der Waals surface area contributed by atoms with E-state index in [9.17, 15) is 18.8 Å². The van der Waals surface area contributed by atoms with Gasteiger partial charge in [-0.25, -0.2) is 4.39 Å². The van der Waals surface area contributed by atoms with E-state index in [1.54, 1.807) is 42.5 Å². The number of benzene rings is 2. The number of nitrogens with one attached hydrogen (secondary N) is 3. The number of carbonyl (C=O) groups excluding carboxylic acids is 3. The monoisotopic (exact) mass is 343 g/mol. The molecule has 25 heavy (non-hydrogen) atoms. The minimum atomic E-state index is -0.819. The fraction of sp³-hybridized carbons (Fsp3) is 0.167. The average Bonchev–Trinajstić information content (AvgIpc) is 2.57. The molecule has 0 aliphatic carbocycles. The third-order valence-corrected chi connectivity index (χ3v) is 3.31. The van der Waals surface area contributed by atoms with Crippen molar-refractivity contribution in [3.05, 3.63) is 59.9 Å². The number of rotatable bonds is 5. The predicted molar refractivity (Wildman–Crippen MR) is 92.5 cm³/mol. The molecule has 0 atom stereocenters. The van der Waals surface area contributed by atoms with Gasteiger partial charge < -0.3 is 16.0 Å². The highest BCUT2D eigenvalue weighted by molar-refractivity contribution is 6.39. The lowest BCUT2D eigenvalue weighted by atomic mass is 10.1. The summed E-state index contributed by atoms with van der Waals surface area (Å²) >= 11 is 0. The SMILES string of the molecule is CC(=O)Nc1ccc(NC(=O)C(=O)NCCc2ccccc2F)cc1. The van der Waals surface area contributed by atoms with Crippen LogP contribution in [0.5, 0.6) is 0 Å². The third kappa shape index (κ3) is 5.72. The zero-order valence-electron chi connectivity index (χ0n) is 13.6. The summed E-state index contributed by atoms with van der Waals surface area (Å²) < 4.78 is 13.5. The van der Waals surface area contributed by atoms with Crippen LogP contribution in [0.25, 0.3) is 0 Å². The summed E-state index contributed by atoms with van der Waals surface area (Å²) in [5, 5.41) is 7.48. The van der Waals surface area contributed by atoms with Gasteiger partial charge in [0.05, 0.1) is 0 Å². The zero-order chi connectivity index (χ0) is 18.2. The summed E-state index contributed by atoms with van der Waals surface area (Å²) in [6.45, 7) is 1.54. The maximum Gasteiger partial charge on any atom is 0.313 e. The van der Waals surface area contributed by atoms with Gasteiger partial charge in [0.15, 0.2) is 0 Å². The average molecular weight is 343 g/mol. The Morgan fingerprint density at radius 3 is 2.08 bits per heavy atom. The van der Waals surface area contributed by atoms with Crippen molar-refractivity contribution in [2.75, 3.05) is 17.2 Å². The van der Waals surface area contributed by atoms with Crippen LogP contribution in [-0.2, 0) is 20.8 Å². The second kappa shape index (κ2) is 8.58. The van der Waals surface area contributed by atoms with Crippen LogP contribution in [0.3, 0.4) is 0 Å². The molecule has 0 radical (unpaired) electrons. The lowest BCUT2D eigenvalue weighted by Gasteiger charge is -2.08. The van der Waals surface area contributed by atoms with Crippen molar-refractivity contribution in [2.24, 2.45) is 0 Å². The Kier molecular flexibility index (Phi) is 6.22. The summed E-state index contributed by atoms with van der Waals surface area (Å²) in [7, 11) is 0. The topological polar surface area (TPSA) is 87.3 Å². The molecule has 0 unspecified atom stereocenters. The van der Waals surface area contributed by atoms with Crippen LogP contribution < -0.4 is 16.0 Å². The molecule has 0 saturated heterocycles. The molecule has 3 amide bonds. The molecule has 0 aliphatic heterocycles. The molecule has 6 nitrogen and oxygen atoms in total. The quantitative estimate of drug-likeness (QED) is 0.727. The fourth-order valence-corrected chi connectivity index (χ4v) is 2.12. The standard InChI is InChI=1S/C18H18FN3O3/c1-12(23)21-14-6-8-15(9-7-14)22-18(25)17(24)20-11-10-13-4-2-3-5-16(13)19/h2-9H,10-11H2,1H3,(H,20,24)(H,21,23)(H,22,25). The number of anilines is 2. The maximum atomic E-state index is 13.5. The number of hydrogen-bond donors (Lipinski definition) is 3. The van der Waals surface area contributed by atoms with Gasteiger partial charge >= 0.3 is 11.8 Å². The Morgan fingerprint density at radius 2 is 1.48 bits per heavy atom.